The molecule has 0 aliphatic carbocycles. The van der Waals surface area contributed by atoms with Crippen molar-refractivity contribution < 1.29 is 4.79 Å². The summed E-state index contributed by atoms with van der Waals surface area (Å²) in [7, 11) is 0. The number of benzene rings is 2. The molecule has 22 heavy (non-hydrogen) atoms. The van der Waals surface area contributed by atoms with Crippen LogP contribution in [0.3, 0.4) is 0 Å². The third kappa shape index (κ3) is 3.52. The van der Waals surface area contributed by atoms with Crippen LogP contribution in [0, 0.1) is 6.92 Å². The molecule has 0 radical (unpaired) electrons. The lowest BCUT2D eigenvalue weighted by Crippen LogP contribution is -2.24. The summed E-state index contributed by atoms with van der Waals surface area (Å²) in [4.78, 5) is 16.4. The molecular formula is C18H18N2OS. The van der Waals surface area contributed by atoms with Crippen molar-refractivity contribution in [3.8, 4) is 0 Å². The predicted octanol–water partition coefficient (Wildman–Crippen LogP) is 3.88. The number of carbonyl (C=O) groups is 1. The van der Waals surface area contributed by atoms with E-state index in [0.29, 0.717) is 12.3 Å². The first-order valence-electron chi connectivity index (χ1n) is 7.24. The average molecular weight is 310 g/mol. The average Bonchev–Trinajstić information content (AvgIpc) is 2.95. The molecule has 2 aromatic carbocycles. The Balaban J connectivity index is 1.53. The predicted molar refractivity (Wildman–Crippen MR) is 92.0 cm³/mol. The van der Waals surface area contributed by atoms with Crippen molar-refractivity contribution in [2.24, 2.45) is 0 Å². The lowest BCUT2D eigenvalue weighted by Gasteiger charge is -2.06. The smallest absolute Gasteiger partial charge is 0.230 e. The van der Waals surface area contributed by atoms with Gasteiger partial charge in [-0.3, -0.25) is 4.79 Å². The number of hydrogen-bond donors (Lipinski definition) is 2. The van der Waals surface area contributed by atoms with Gasteiger partial charge in [-0.15, -0.1) is 11.8 Å². The number of rotatable bonds is 5. The van der Waals surface area contributed by atoms with Crippen LogP contribution in [-0.4, -0.2) is 16.6 Å². The standard InChI is InChI=1S/C18H18N2OS/c1-13-6-2-5-9-17(13)22-12-18(21)19-11-15-10-14-7-3-4-8-16(14)20-15/h2-10,20H,11-12H2,1H3,(H,19,21). The van der Waals surface area contributed by atoms with E-state index >= 15 is 0 Å². The Hall–Kier alpha value is -2.20. The van der Waals surface area contributed by atoms with Crippen molar-refractivity contribution >= 4 is 28.6 Å². The van der Waals surface area contributed by atoms with Crippen molar-refractivity contribution in [2.75, 3.05) is 5.75 Å². The van der Waals surface area contributed by atoms with Gasteiger partial charge in [0.05, 0.1) is 12.3 Å². The van der Waals surface area contributed by atoms with Crippen LogP contribution in [0.2, 0.25) is 0 Å². The minimum Gasteiger partial charge on any atom is -0.357 e. The van der Waals surface area contributed by atoms with Crippen LogP contribution in [0.5, 0.6) is 0 Å². The quantitative estimate of drug-likeness (QED) is 0.702. The summed E-state index contributed by atoms with van der Waals surface area (Å²) in [5.74, 6) is 0.484. The molecule has 3 aromatic rings. The van der Waals surface area contributed by atoms with E-state index in [-0.39, 0.29) is 5.91 Å². The second-order valence-electron chi connectivity index (χ2n) is 5.21. The third-order valence-electron chi connectivity index (χ3n) is 3.51. The van der Waals surface area contributed by atoms with Crippen molar-refractivity contribution in [2.45, 2.75) is 18.4 Å². The highest BCUT2D eigenvalue weighted by Crippen LogP contribution is 2.21. The summed E-state index contributed by atoms with van der Waals surface area (Å²) >= 11 is 1.57. The number of para-hydroxylation sites is 1. The fourth-order valence-corrected chi connectivity index (χ4v) is 3.19. The number of fused-ring (bicyclic) bond motifs is 1. The summed E-state index contributed by atoms with van der Waals surface area (Å²) < 4.78 is 0. The maximum Gasteiger partial charge on any atom is 0.230 e. The maximum atomic E-state index is 12.0. The van der Waals surface area contributed by atoms with E-state index in [1.807, 2.05) is 36.4 Å². The SMILES string of the molecule is Cc1ccccc1SCC(=O)NCc1cc2ccccc2[nH]1. The minimum absolute atomic E-state index is 0.0481. The molecule has 0 unspecified atom stereocenters. The van der Waals surface area contributed by atoms with Gasteiger partial charge in [0.1, 0.15) is 0 Å². The first-order chi connectivity index (χ1) is 10.7. The second kappa shape index (κ2) is 6.71. The van der Waals surface area contributed by atoms with Gasteiger partial charge in [0, 0.05) is 16.1 Å². The van der Waals surface area contributed by atoms with Crippen molar-refractivity contribution in [1.82, 2.24) is 10.3 Å². The number of H-pyrrole nitrogens is 1. The fourth-order valence-electron chi connectivity index (χ4n) is 2.34. The summed E-state index contributed by atoms with van der Waals surface area (Å²) in [6.45, 7) is 2.59. The van der Waals surface area contributed by atoms with E-state index in [1.54, 1.807) is 11.8 Å². The van der Waals surface area contributed by atoms with Gasteiger partial charge in [-0.1, -0.05) is 36.4 Å². The number of amides is 1. The topological polar surface area (TPSA) is 44.9 Å². The molecular weight excluding hydrogens is 292 g/mol. The summed E-state index contributed by atoms with van der Waals surface area (Å²) in [5.41, 5.74) is 3.33. The van der Waals surface area contributed by atoms with Crippen LogP contribution in [0.15, 0.2) is 59.5 Å². The van der Waals surface area contributed by atoms with Gasteiger partial charge in [-0.25, -0.2) is 0 Å². The molecule has 3 rings (SSSR count). The fraction of sp³-hybridized carbons (Fsp3) is 0.167. The van der Waals surface area contributed by atoms with E-state index < -0.39 is 0 Å². The lowest BCUT2D eigenvalue weighted by atomic mass is 10.2. The highest BCUT2D eigenvalue weighted by molar-refractivity contribution is 8.00. The Labute approximate surface area is 134 Å². The third-order valence-corrected chi connectivity index (χ3v) is 4.69. The van der Waals surface area contributed by atoms with Crippen molar-refractivity contribution in [3.63, 3.8) is 0 Å². The number of aromatic nitrogens is 1. The maximum absolute atomic E-state index is 12.0. The molecule has 3 nitrogen and oxygen atoms in total. The number of carbonyl (C=O) groups excluding carboxylic acids is 1. The summed E-state index contributed by atoms with van der Waals surface area (Å²) in [5, 5.41) is 4.13. The van der Waals surface area contributed by atoms with Crippen LogP contribution < -0.4 is 5.32 Å². The Morgan fingerprint density at radius 1 is 1.14 bits per heavy atom. The van der Waals surface area contributed by atoms with Gasteiger partial charge in [0.15, 0.2) is 0 Å². The van der Waals surface area contributed by atoms with E-state index in [0.717, 1.165) is 16.1 Å². The van der Waals surface area contributed by atoms with E-state index in [2.05, 4.69) is 35.4 Å². The van der Waals surface area contributed by atoms with Crippen LogP contribution in [-0.2, 0) is 11.3 Å². The van der Waals surface area contributed by atoms with Gasteiger partial charge >= 0.3 is 0 Å². The van der Waals surface area contributed by atoms with Gasteiger partial charge in [0.25, 0.3) is 0 Å². The van der Waals surface area contributed by atoms with Gasteiger partial charge in [-0.2, -0.15) is 0 Å². The first kappa shape index (κ1) is 14.7. The molecule has 1 aromatic heterocycles. The number of hydrogen-bond acceptors (Lipinski definition) is 2. The molecule has 0 fully saturated rings. The number of thioether (sulfide) groups is 1. The van der Waals surface area contributed by atoms with E-state index in [9.17, 15) is 4.79 Å². The van der Waals surface area contributed by atoms with Crippen molar-refractivity contribution in [3.05, 3.63) is 65.9 Å². The molecule has 0 saturated heterocycles. The van der Waals surface area contributed by atoms with Crippen LogP contribution >= 0.6 is 11.8 Å². The highest BCUT2D eigenvalue weighted by Gasteiger charge is 2.06. The molecule has 4 heteroatoms. The monoisotopic (exact) mass is 310 g/mol. The molecule has 0 saturated carbocycles. The largest absolute Gasteiger partial charge is 0.357 e. The minimum atomic E-state index is 0.0481. The Bertz CT molecular complexity index is 761. The molecule has 1 heterocycles. The summed E-state index contributed by atoms with van der Waals surface area (Å²) in [6, 6.07) is 18.3. The Morgan fingerprint density at radius 3 is 2.73 bits per heavy atom. The van der Waals surface area contributed by atoms with Crippen LogP contribution in [0.1, 0.15) is 11.3 Å². The molecule has 112 valence electrons. The highest BCUT2D eigenvalue weighted by atomic mass is 32.2. The first-order valence-corrected chi connectivity index (χ1v) is 8.23. The zero-order chi connectivity index (χ0) is 15.4. The molecule has 2 N–H and O–H groups in total. The Kier molecular flexibility index (Phi) is 4.49. The number of nitrogens with one attached hydrogen (secondary N) is 2. The summed E-state index contributed by atoms with van der Waals surface area (Å²) in [6.07, 6.45) is 0. The zero-order valence-corrected chi connectivity index (χ0v) is 13.2. The van der Waals surface area contributed by atoms with Crippen molar-refractivity contribution in [1.29, 1.82) is 0 Å². The molecule has 0 atom stereocenters. The second-order valence-corrected chi connectivity index (χ2v) is 6.23. The van der Waals surface area contributed by atoms with E-state index in [4.69, 9.17) is 0 Å². The molecule has 0 spiro atoms. The lowest BCUT2D eigenvalue weighted by molar-refractivity contribution is -0.118. The zero-order valence-electron chi connectivity index (χ0n) is 12.4. The molecule has 0 aliphatic heterocycles. The van der Waals surface area contributed by atoms with Gasteiger partial charge in [0.2, 0.25) is 5.91 Å². The van der Waals surface area contributed by atoms with Crippen LogP contribution in [0.25, 0.3) is 10.9 Å². The van der Waals surface area contributed by atoms with E-state index in [1.165, 1.54) is 10.9 Å². The molecule has 0 aliphatic rings. The van der Waals surface area contributed by atoms with Gasteiger partial charge in [-0.05, 0) is 36.1 Å². The van der Waals surface area contributed by atoms with Crippen LogP contribution in [0.4, 0.5) is 0 Å². The van der Waals surface area contributed by atoms with Gasteiger partial charge < -0.3 is 10.3 Å². The molecule has 0 bridgehead atoms. The number of aromatic amines is 1. The molecule has 1 amide bonds. The number of aryl methyl sites for hydroxylation is 1. The normalized spacial score (nSPS) is 10.8. The Morgan fingerprint density at radius 2 is 1.91 bits per heavy atom.